The van der Waals surface area contributed by atoms with Gasteiger partial charge in [0.15, 0.2) is 6.29 Å². The van der Waals surface area contributed by atoms with Gasteiger partial charge in [0.2, 0.25) is 0 Å². The maximum absolute atomic E-state index is 10.7. The van der Waals surface area contributed by atoms with Gasteiger partial charge in [0.05, 0.1) is 30.5 Å². The van der Waals surface area contributed by atoms with E-state index in [-0.39, 0.29) is 22.3 Å². The first-order chi connectivity index (χ1) is 20.5. The van der Waals surface area contributed by atoms with Crippen LogP contribution in [-0.2, 0) is 14.2 Å². The highest BCUT2D eigenvalue weighted by Crippen LogP contribution is 2.77. The first kappa shape index (κ1) is 33.1. The second-order valence-corrected chi connectivity index (χ2v) is 17.1. The van der Waals surface area contributed by atoms with Gasteiger partial charge >= 0.3 is 0 Å². The lowest BCUT2D eigenvalue weighted by molar-refractivity contribution is -0.329. The van der Waals surface area contributed by atoms with Crippen molar-refractivity contribution >= 4 is 0 Å². The SMILES string of the molecule is CC(C/C=C/C(C)(C)O)C1CCC2(C)C3C=CC45OCC3(CCC12C)C4CCC(OC1OC(CO)C(O)C(O)C1O)C5(C)C. The Morgan fingerprint density at radius 3 is 2.39 bits per heavy atom. The predicted molar refractivity (Wildman–Crippen MR) is 166 cm³/mol. The molecule has 44 heavy (non-hydrogen) atoms. The van der Waals surface area contributed by atoms with Crippen LogP contribution in [0.25, 0.3) is 0 Å². The number of aliphatic hydroxyl groups is 5. The molecule has 0 aromatic rings. The maximum atomic E-state index is 10.7. The van der Waals surface area contributed by atoms with Crippen LogP contribution < -0.4 is 0 Å². The number of fused-ring (bicyclic) bond motifs is 2. The standard InChI is InChI=1S/C36H58O8/c1-21(9-8-14-31(2,3)41)22-12-15-34(7)24-13-16-36-25(35(24,20-42-36)18-17-33(22,34)6)10-11-26(32(36,4)5)44-30-29(40)28(39)27(38)23(19-37)43-30/h8,13-14,16,21-30,37-41H,9-12,15,17-20H2,1-7H3/b14-8+. The number of rotatable bonds is 7. The lowest BCUT2D eigenvalue weighted by Crippen LogP contribution is -2.66. The van der Waals surface area contributed by atoms with Crippen molar-refractivity contribution in [2.75, 3.05) is 13.2 Å². The summed E-state index contributed by atoms with van der Waals surface area (Å²) in [5.41, 5.74) is -1.24. The highest BCUT2D eigenvalue weighted by molar-refractivity contribution is 5.33. The molecule has 0 aromatic carbocycles. The molecular formula is C36H58O8. The van der Waals surface area contributed by atoms with E-state index in [9.17, 15) is 25.5 Å². The van der Waals surface area contributed by atoms with Crippen LogP contribution in [0.4, 0.5) is 0 Å². The Balaban J connectivity index is 1.25. The average Bonchev–Trinajstić information content (AvgIpc) is 3.35. The average molecular weight is 619 g/mol. The summed E-state index contributed by atoms with van der Waals surface area (Å²) >= 11 is 0. The van der Waals surface area contributed by atoms with Crippen LogP contribution in [0, 0.1) is 45.3 Å². The van der Waals surface area contributed by atoms with Crippen LogP contribution in [0.15, 0.2) is 24.3 Å². The second-order valence-electron chi connectivity index (χ2n) is 17.1. The van der Waals surface area contributed by atoms with Crippen LogP contribution in [0.3, 0.4) is 0 Å². The summed E-state index contributed by atoms with van der Waals surface area (Å²) in [5.74, 6) is 1.99. The van der Waals surface area contributed by atoms with E-state index in [2.05, 4.69) is 52.8 Å². The molecule has 2 bridgehead atoms. The minimum atomic E-state index is -1.46. The van der Waals surface area contributed by atoms with E-state index in [4.69, 9.17) is 14.2 Å². The zero-order chi connectivity index (χ0) is 32.1. The normalized spacial score (nSPS) is 52.0. The zero-order valence-corrected chi connectivity index (χ0v) is 27.9. The van der Waals surface area contributed by atoms with E-state index in [1.807, 2.05) is 19.9 Å². The molecule has 4 aliphatic carbocycles. The summed E-state index contributed by atoms with van der Waals surface area (Å²) in [5, 5.41) is 51.2. The molecule has 8 heteroatoms. The van der Waals surface area contributed by atoms with Gasteiger partial charge in [-0.25, -0.2) is 0 Å². The molecule has 1 spiro atoms. The Bertz CT molecular complexity index is 1140. The molecule has 14 atom stereocenters. The van der Waals surface area contributed by atoms with E-state index in [1.54, 1.807) is 0 Å². The Labute approximate surface area is 263 Å². The molecule has 14 unspecified atom stereocenters. The zero-order valence-electron chi connectivity index (χ0n) is 27.9. The summed E-state index contributed by atoms with van der Waals surface area (Å²) in [6, 6.07) is 0. The molecule has 0 amide bonds. The first-order valence-corrected chi connectivity index (χ1v) is 17.2. The van der Waals surface area contributed by atoms with Crippen molar-refractivity contribution in [2.24, 2.45) is 45.3 Å². The van der Waals surface area contributed by atoms with Gasteiger partial charge in [-0.05, 0) is 87.4 Å². The molecule has 250 valence electrons. The smallest absolute Gasteiger partial charge is 0.186 e. The Morgan fingerprint density at radius 1 is 0.977 bits per heavy atom. The number of allylic oxidation sites excluding steroid dienone is 2. The quantitative estimate of drug-likeness (QED) is 0.270. The molecule has 2 saturated heterocycles. The van der Waals surface area contributed by atoms with Crippen molar-refractivity contribution < 1.29 is 39.7 Å². The minimum Gasteiger partial charge on any atom is -0.394 e. The van der Waals surface area contributed by atoms with Crippen molar-refractivity contribution in [3.63, 3.8) is 0 Å². The molecule has 0 aromatic heterocycles. The van der Waals surface area contributed by atoms with Crippen molar-refractivity contribution in [3.05, 3.63) is 24.3 Å². The van der Waals surface area contributed by atoms with Gasteiger partial charge in [-0.2, -0.15) is 0 Å². The van der Waals surface area contributed by atoms with Crippen LogP contribution >= 0.6 is 0 Å². The van der Waals surface area contributed by atoms with Crippen LogP contribution in [0.1, 0.15) is 93.4 Å². The Morgan fingerprint density at radius 2 is 1.70 bits per heavy atom. The molecule has 5 N–H and O–H groups in total. The lowest BCUT2D eigenvalue weighted by Gasteiger charge is -2.65. The summed E-state index contributed by atoms with van der Waals surface area (Å²) in [6.07, 6.45) is 9.78. The summed E-state index contributed by atoms with van der Waals surface area (Å²) in [7, 11) is 0. The molecule has 3 saturated carbocycles. The highest BCUT2D eigenvalue weighted by atomic mass is 16.7. The second kappa shape index (κ2) is 10.8. The maximum Gasteiger partial charge on any atom is 0.186 e. The number of hydrogen-bond donors (Lipinski definition) is 5. The fraction of sp³-hybridized carbons (Fsp3) is 0.889. The number of aliphatic hydroxyl groups excluding tert-OH is 4. The van der Waals surface area contributed by atoms with Gasteiger partial charge in [-0.1, -0.05) is 58.9 Å². The summed E-state index contributed by atoms with van der Waals surface area (Å²) in [6.45, 7) is 15.8. The van der Waals surface area contributed by atoms with Crippen LogP contribution in [-0.4, -0.2) is 86.8 Å². The first-order valence-electron chi connectivity index (χ1n) is 17.2. The van der Waals surface area contributed by atoms with E-state index in [0.717, 1.165) is 32.3 Å². The third kappa shape index (κ3) is 4.52. The van der Waals surface area contributed by atoms with Crippen molar-refractivity contribution in [1.82, 2.24) is 0 Å². The van der Waals surface area contributed by atoms with Gasteiger partial charge in [-0.3, -0.25) is 0 Å². The van der Waals surface area contributed by atoms with Gasteiger partial charge in [0.1, 0.15) is 24.4 Å². The van der Waals surface area contributed by atoms with Gasteiger partial charge in [0.25, 0.3) is 0 Å². The number of ether oxygens (including phenoxy) is 3. The molecule has 6 rings (SSSR count). The van der Waals surface area contributed by atoms with Crippen molar-refractivity contribution in [2.45, 2.75) is 141 Å². The Hall–Kier alpha value is -0.840. The van der Waals surface area contributed by atoms with Gasteiger partial charge in [0, 0.05) is 16.7 Å². The topological polar surface area (TPSA) is 129 Å². The monoisotopic (exact) mass is 618 g/mol. The largest absolute Gasteiger partial charge is 0.394 e. The molecule has 2 heterocycles. The summed E-state index contributed by atoms with van der Waals surface area (Å²) in [4.78, 5) is 0. The predicted octanol–water partition coefficient (Wildman–Crippen LogP) is 4.12. The molecule has 6 aliphatic rings. The van der Waals surface area contributed by atoms with Crippen LogP contribution in [0.5, 0.6) is 0 Å². The molecule has 0 radical (unpaired) electrons. The fourth-order valence-corrected chi connectivity index (χ4v) is 11.5. The molecule has 5 fully saturated rings. The number of hydrogen-bond acceptors (Lipinski definition) is 8. The third-order valence-electron chi connectivity index (χ3n) is 14.2. The van der Waals surface area contributed by atoms with Gasteiger partial charge < -0.3 is 39.7 Å². The van der Waals surface area contributed by atoms with E-state index >= 15 is 0 Å². The molecule has 8 nitrogen and oxygen atoms in total. The van der Waals surface area contributed by atoms with Crippen molar-refractivity contribution in [3.8, 4) is 0 Å². The third-order valence-corrected chi connectivity index (χ3v) is 14.2. The van der Waals surface area contributed by atoms with E-state index in [0.29, 0.717) is 23.7 Å². The van der Waals surface area contributed by atoms with Gasteiger partial charge in [-0.15, -0.1) is 0 Å². The lowest BCUT2D eigenvalue weighted by atomic mass is 9.38. The Kier molecular flexibility index (Phi) is 8.15. The van der Waals surface area contributed by atoms with E-state index in [1.165, 1.54) is 19.3 Å². The summed E-state index contributed by atoms with van der Waals surface area (Å²) < 4.78 is 19.2. The fourth-order valence-electron chi connectivity index (χ4n) is 11.5. The van der Waals surface area contributed by atoms with Crippen LogP contribution in [0.2, 0.25) is 0 Å². The molecule has 2 aliphatic heterocycles. The highest BCUT2D eigenvalue weighted by Gasteiger charge is 2.75. The van der Waals surface area contributed by atoms with Crippen molar-refractivity contribution in [1.29, 1.82) is 0 Å². The minimum absolute atomic E-state index is 0.0767. The molecular weight excluding hydrogens is 560 g/mol. The van der Waals surface area contributed by atoms with E-state index < -0.39 is 53.9 Å².